The number of likely N-dealkylation sites (N-methyl/N-ethyl adjacent to an activating group) is 1. The Morgan fingerprint density at radius 3 is 2.63 bits per heavy atom. The molecule has 0 aliphatic carbocycles. The minimum atomic E-state index is -4.78. The van der Waals surface area contributed by atoms with E-state index in [4.69, 9.17) is 11.6 Å². The molecule has 15 heteroatoms. The monoisotopic (exact) mass is 520 g/mol. The SMILES string of the molecule is CCN(C=O)/C(CO)=N\N(C)c1nc(OCC(F)(F)F)c(C(=O)Nc2c(C)ccnc2Cl)cc1F. The summed E-state index contributed by atoms with van der Waals surface area (Å²) in [5.74, 6) is -3.88. The molecule has 2 amide bonds. The number of nitrogens with one attached hydrogen (secondary N) is 1. The van der Waals surface area contributed by atoms with Crippen LogP contribution in [0.25, 0.3) is 0 Å². The fourth-order valence-electron chi connectivity index (χ4n) is 2.69. The zero-order valence-corrected chi connectivity index (χ0v) is 19.5. The molecule has 0 saturated heterocycles. The van der Waals surface area contributed by atoms with Crippen molar-refractivity contribution in [2.24, 2.45) is 5.10 Å². The maximum atomic E-state index is 14.9. The molecule has 0 fully saturated rings. The van der Waals surface area contributed by atoms with Crippen molar-refractivity contribution in [3.8, 4) is 5.88 Å². The average Bonchev–Trinajstić information content (AvgIpc) is 2.79. The number of hydrogen-bond acceptors (Lipinski definition) is 8. The second kappa shape index (κ2) is 11.8. The van der Waals surface area contributed by atoms with E-state index < -0.39 is 48.4 Å². The number of aryl methyl sites for hydroxylation is 1. The van der Waals surface area contributed by atoms with E-state index in [0.29, 0.717) is 18.0 Å². The topological polar surface area (TPSA) is 120 Å². The molecule has 0 saturated carbocycles. The molecule has 0 aliphatic heterocycles. The number of anilines is 2. The number of hydrogen-bond donors (Lipinski definition) is 2. The minimum absolute atomic E-state index is 0.0632. The molecule has 0 aromatic carbocycles. The highest BCUT2D eigenvalue weighted by Crippen LogP contribution is 2.29. The smallest absolute Gasteiger partial charge is 0.422 e. The van der Waals surface area contributed by atoms with Gasteiger partial charge in [0.2, 0.25) is 12.3 Å². The van der Waals surface area contributed by atoms with Gasteiger partial charge in [-0.3, -0.25) is 14.5 Å². The fourth-order valence-corrected chi connectivity index (χ4v) is 2.94. The molecule has 0 unspecified atom stereocenters. The lowest BCUT2D eigenvalue weighted by atomic mass is 10.2. The maximum absolute atomic E-state index is 14.9. The Bertz CT molecular complexity index is 1100. The van der Waals surface area contributed by atoms with Gasteiger partial charge < -0.3 is 15.2 Å². The number of ether oxygens (including phenoxy) is 1. The van der Waals surface area contributed by atoms with Crippen LogP contribution in [-0.2, 0) is 4.79 Å². The van der Waals surface area contributed by atoms with Crippen LogP contribution in [0.5, 0.6) is 5.88 Å². The highest BCUT2D eigenvalue weighted by atomic mass is 35.5. The van der Waals surface area contributed by atoms with E-state index in [0.717, 1.165) is 9.91 Å². The van der Waals surface area contributed by atoms with Gasteiger partial charge in [0.25, 0.3) is 5.91 Å². The van der Waals surface area contributed by atoms with Crippen molar-refractivity contribution in [3.63, 3.8) is 0 Å². The molecule has 2 aromatic rings. The summed E-state index contributed by atoms with van der Waals surface area (Å²) in [7, 11) is 1.17. The number of hydrazone groups is 1. The van der Waals surface area contributed by atoms with Gasteiger partial charge in [-0.2, -0.15) is 23.3 Å². The summed E-state index contributed by atoms with van der Waals surface area (Å²) < 4.78 is 58.0. The van der Waals surface area contributed by atoms with Crippen molar-refractivity contribution >= 4 is 41.3 Å². The van der Waals surface area contributed by atoms with E-state index in [1.807, 2.05) is 0 Å². The molecule has 0 aliphatic rings. The zero-order valence-electron chi connectivity index (χ0n) is 18.7. The third-order valence-electron chi connectivity index (χ3n) is 4.40. The molecule has 0 atom stereocenters. The van der Waals surface area contributed by atoms with Crippen LogP contribution in [0.4, 0.5) is 29.1 Å². The summed E-state index contributed by atoms with van der Waals surface area (Å²) in [6, 6.07) is 2.14. The van der Waals surface area contributed by atoms with Gasteiger partial charge in [-0.05, 0) is 31.5 Å². The van der Waals surface area contributed by atoms with Crippen LogP contribution < -0.4 is 15.1 Å². The highest BCUT2D eigenvalue weighted by molar-refractivity contribution is 6.33. The lowest BCUT2D eigenvalue weighted by molar-refractivity contribution is -0.154. The number of carbonyl (C=O) groups excluding carboxylic acids is 2. The molecule has 35 heavy (non-hydrogen) atoms. The van der Waals surface area contributed by atoms with Crippen molar-refractivity contribution in [2.75, 3.05) is 37.1 Å². The van der Waals surface area contributed by atoms with E-state index >= 15 is 0 Å². The third kappa shape index (κ3) is 7.23. The van der Waals surface area contributed by atoms with Crippen molar-refractivity contribution in [1.82, 2.24) is 14.9 Å². The van der Waals surface area contributed by atoms with Crippen LogP contribution in [0.15, 0.2) is 23.4 Å². The molecule has 2 heterocycles. The fraction of sp³-hybridized carbons (Fsp3) is 0.350. The van der Waals surface area contributed by atoms with Gasteiger partial charge in [-0.1, -0.05) is 11.6 Å². The first-order valence-electron chi connectivity index (χ1n) is 9.88. The number of amidine groups is 1. The second-order valence-corrected chi connectivity index (χ2v) is 7.25. The number of aromatic nitrogens is 2. The molecule has 2 aromatic heterocycles. The number of carbonyl (C=O) groups is 2. The van der Waals surface area contributed by atoms with E-state index in [1.54, 1.807) is 13.8 Å². The van der Waals surface area contributed by atoms with Crippen LogP contribution in [0.3, 0.4) is 0 Å². The van der Waals surface area contributed by atoms with Crippen molar-refractivity contribution in [1.29, 1.82) is 0 Å². The van der Waals surface area contributed by atoms with Crippen LogP contribution in [-0.4, -0.2) is 71.1 Å². The lowest BCUT2D eigenvalue weighted by Gasteiger charge is -2.21. The third-order valence-corrected chi connectivity index (χ3v) is 4.69. The predicted octanol–water partition coefficient (Wildman–Crippen LogP) is 2.99. The summed E-state index contributed by atoms with van der Waals surface area (Å²) in [6.45, 7) is 0.785. The van der Waals surface area contributed by atoms with Crippen LogP contribution in [0.1, 0.15) is 22.8 Å². The van der Waals surface area contributed by atoms with E-state index in [-0.39, 0.29) is 23.2 Å². The van der Waals surface area contributed by atoms with Crippen molar-refractivity contribution in [2.45, 2.75) is 20.0 Å². The minimum Gasteiger partial charge on any atom is -0.467 e. The molecule has 0 bridgehead atoms. The number of rotatable bonds is 9. The Balaban J connectivity index is 2.52. The number of alkyl halides is 3. The van der Waals surface area contributed by atoms with Gasteiger partial charge in [0.1, 0.15) is 12.2 Å². The first-order chi connectivity index (χ1) is 16.4. The van der Waals surface area contributed by atoms with Crippen LogP contribution in [0.2, 0.25) is 5.15 Å². The Morgan fingerprint density at radius 1 is 1.40 bits per heavy atom. The standard InChI is InChI=1S/C20H21ClF4N6O4/c1-4-31(10-33)14(8-32)29-30(3)17-13(22)7-12(19(28-17)35-9-20(23,24)25)18(34)27-15-11(2)5-6-26-16(15)21/h5-7,10,32H,4,8-9H2,1-3H3,(H,27,34)/b29-14-. The second-order valence-electron chi connectivity index (χ2n) is 6.89. The largest absolute Gasteiger partial charge is 0.467 e. The molecule has 10 nitrogen and oxygen atoms in total. The van der Waals surface area contributed by atoms with Gasteiger partial charge in [0, 0.05) is 19.8 Å². The molecular weight excluding hydrogens is 500 g/mol. The maximum Gasteiger partial charge on any atom is 0.422 e. The van der Waals surface area contributed by atoms with Crippen LogP contribution in [0, 0.1) is 12.7 Å². The Hall–Kier alpha value is -3.52. The summed E-state index contributed by atoms with van der Waals surface area (Å²) in [4.78, 5) is 32.4. The Morgan fingerprint density at radius 2 is 2.09 bits per heavy atom. The van der Waals surface area contributed by atoms with Crippen molar-refractivity contribution < 1.29 is 37.0 Å². The number of aliphatic hydroxyl groups excluding tert-OH is 1. The summed E-state index contributed by atoms with van der Waals surface area (Å²) >= 11 is 5.97. The van der Waals surface area contributed by atoms with Gasteiger partial charge in [0.15, 0.2) is 29.2 Å². The number of aliphatic hydroxyl groups is 1. The first kappa shape index (κ1) is 27.7. The summed E-state index contributed by atoms with van der Waals surface area (Å²) in [5, 5.41) is 16.4. The van der Waals surface area contributed by atoms with E-state index in [1.165, 1.54) is 19.3 Å². The van der Waals surface area contributed by atoms with Crippen LogP contribution >= 0.6 is 11.6 Å². The molecular formula is C20H21ClF4N6O4. The number of pyridine rings is 2. The normalized spacial score (nSPS) is 11.7. The van der Waals surface area contributed by atoms with Gasteiger partial charge in [0.05, 0.1) is 5.69 Å². The lowest BCUT2D eigenvalue weighted by Crippen LogP contribution is -2.34. The molecule has 2 N–H and O–H groups in total. The molecule has 190 valence electrons. The molecule has 0 spiro atoms. The van der Waals surface area contributed by atoms with Crippen molar-refractivity contribution in [3.05, 3.63) is 40.4 Å². The first-order valence-corrected chi connectivity index (χ1v) is 10.3. The average molecular weight is 521 g/mol. The van der Waals surface area contributed by atoms with Gasteiger partial charge in [-0.15, -0.1) is 0 Å². The Labute approximate surface area is 202 Å². The molecule has 0 radical (unpaired) electrons. The number of amides is 2. The zero-order chi connectivity index (χ0) is 26.3. The van der Waals surface area contributed by atoms with E-state index in [9.17, 15) is 32.3 Å². The predicted molar refractivity (Wildman–Crippen MR) is 119 cm³/mol. The number of nitrogens with zero attached hydrogens (tertiary/aromatic N) is 5. The summed E-state index contributed by atoms with van der Waals surface area (Å²) in [5.41, 5.74) is -0.103. The number of halogens is 5. The quantitative estimate of drug-likeness (QED) is 0.130. The van der Waals surface area contributed by atoms with Gasteiger partial charge >= 0.3 is 6.18 Å². The Kier molecular flexibility index (Phi) is 9.31. The highest BCUT2D eigenvalue weighted by Gasteiger charge is 2.31. The summed E-state index contributed by atoms with van der Waals surface area (Å²) in [6.07, 6.45) is -3.03. The van der Waals surface area contributed by atoms with E-state index in [2.05, 4.69) is 25.1 Å². The van der Waals surface area contributed by atoms with Gasteiger partial charge in [-0.25, -0.2) is 14.4 Å². The molecule has 2 rings (SSSR count).